The summed E-state index contributed by atoms with van der Waals surface area (Å²) in [6.07, 6.45) is 1.58. The second-order valence-corrected chi connectivity index (χ2v) is 4.76. The number of rotatable bonds is 4. The van der Waals surface area contributed by atoms with Crippen molar-refractivity contribution in [3.8, 4) is 0 Å². The second-order valence-electron chi connectivity index (χ2n) is 4.76. The molecule has 2 rings (SSSR count). The lowest BCUT2D eigenvalue weighted by Gasteiger charge is -2.14. The van der Waals surface area contributed by atoms with Gasteiger partial charge < -0.3 is 15.1 Å². The van der Waals surface area contributed by atoms with E-state index in [1.165, 1.54) is 0 Å². The van der Waals surface area contributed by atoms with Gasteiger partial charge in [-0.05, 0) is 39.0 Å². The van der Waals surface area contributed by atoms with Crippen molar-refractivity contribution in [3.63, 3.8) is 0 Å². The Morgan fingerprint density at radius 2 is 2.10 bits per heavy atom. The van der Waals surface area contributed by atoms with Gasteiger partial charge in [-0.25, -0.2) is 0 Å². The summed E-state index contributed by atoms with van der Waals surface area (Å²) in [4.78, 5) is 16.5. The molecule has 20 heavy (non-hydrogen) atoms. The fourth-order valence-corrected chi connectivity index (χ4v) is 1.98. The van der Waals surface area contributed by atoms with Gasteiger partial charge >= 0.3 is 0 Å². The molecule has 0 radical (unpaired) electrons. The molecule has 2 aromatic heterocycles. The first-order chi connectivity index (χ1) is 9.51. The lowest BCUT2D eigenvalue weighted by atomic mass is 10.1. The van der Waals surface area contributed by atoms with Crippen molar-refractivity contribution in [2.24, 2.45) is 0 Å². The Labute approximate surface area is 118 Å². The average molecular weight is 273 g/mol. The number of carbonyl (C=O) groups is 1. The quantitative estimate of drug-likeness (QED) is 0.899. The highest BCUT2D eigenvalue weighted by molar-refractivity contribution is 5.99. The maximum atomic E-state index is 12.3. The SMILES string of the molecule is CNc1cc(C)ncc1C(=O)NC(C)c1ccc(C)o1. The molecule has 1 unspecified atom stereocenters. The van der Waals surface area contributed by atoms with Crippen LogP contribution in [-0.2, 0) is 0 Å². The Balaban J connectivity index is 2.16. The number of nitrogens with zero attached hydrogens (tertiary/aromatic N) is 1. The van der Waals surface area contributed by atoms with Crippen LogP contribution in [0.2, 0.25) is 0 Å². The third-order valence-electron chi connectivity index (χ3n) is 3.09. The highest BCUT2D eigenvalue weighted by Crippen LogP contribution is 2.19. The van der Waals surface area contributed by atoms with Gasteiger partial charge in [-0.1, -0.05) is 0 Å². The van der Waals surface area contributed by atoms with Crippen LogP contribution in [0.5, 0.6) is 0 Å². The summed E-state index contributed by atoms with van der Waals surface area (Å²) in [7, 11) is 1.78. The molecule has 5 heteroatoms. The molecule has 0 saturated carbocycles. The van der Waals surface area contributed by atoms with Crippen molar-refractivity contribution in [2.45, 2.75) is 26.8 Å². The molecule has 2 N–H and O–H groups in total. The van der Waals surface area contributed by atoms with E-state index in [1.54, 1.807) is 13.2 Å². The molecular formula is C15H19N3O2. The zero-order chi connectivity index (χ0) is 14.7. The largest absolute Gasteiger partial charge is 0.464 e. The predicted octanol–water partition coefficient (Wildman–Crippen LogP) is 2.82. The molecule has 2 heterocycles. The summed E-state index contributed by atoms with van der Waals surface area (Å²) in [6.45, 7) is 5.65. The van der Waals surface area contributed by atoms with Crippen LogP contribution in [0.25, 0.3) is 0 Å². The smallest absolute Gasteiger partial charge is 0.255 e. The highest BCUT2D eigenvalue weighted by atomic mass is 16.3. The molecule has 0 saturated heterocycles. The van der Waals surface area contributed by atoms with E-state index in [4.69, 9.17) is 4.42 Å². The third kappa shape index (κ3) is 2.99. The Kier molecular flexibility index (Phi) is 4.08. The standard InChI is InChI=1S/C15H19N3O2/c1-9-7-13(16-4)12(8-17-9)15(19)18-11(3)14-6-5-10(2)20-14/h5-8,11H,1-4H3,(H,16,17)(H,18,19). The number of carbonyl (C=O) groups excluding carboxylic acids is 1. The molecule has 1 amide bonds. The molecule has 106 valence electrons. The monoisotopic (exact) mass is 273 g/mol. The minimum absolute atomic E-state index is 0.177. The number of furan rings is 1. The number of nitrogens with one attached hydrogen (secondary N) is 2. The van der Waals surface area contributed by atoms with E-state index < -0.39 is 0 Å². The van der Waals surface area contributed by atoms with Crippen molar-refractivity contribution in [2.75, 3.05) is 12.4 Å². The van der Waals surface area contributed by atoms with Crippen molar-refractivity contribution < 1.29 is 9.21 Å². The summed E-state index contributed by atoms with van der Waals surface area (Å²) in [6, 6.07) is 5.40. The van der Waals surface area contributed by atoms with Crippen molar-refractivity contribution in [1.82, 2.24) is 10.3 Å². The number of anilines is 1. The molecule has 5 nitrogen and oxygen atoms in total. The van der Waals surface area contributed by atoms with Crippen LogP contribution in [0.15, 0.2) is 28.8 Å². The van der Waals surface area contributed by atoms with Crippen LogP contribution in [0.4, 0.5) is 5.69 Å². The number of hydrogen-bond acceptors (Lipinski definition) is 4. The molecule has 0 aliphatic rings. The van der Waals surface area contributed by atoms with E-state index >= 15 is 0 Å². The van der Waals surface area contributed by atoms with Crippen molar-refractivity contribution in [1.29, 1.82) is 0 Å². The first-order valence-electron chi connectivity index (χ1n) is 6.53. The van der Waals surface area contributed by atoms with Gasteiger partial charge in [0.1, 0.15) is 11.5 Å². The first-order valence-corrected chi connectivity index (χ1v) is 6.53. The molecule has 0 aromatic carbocycles. The van der Waals surface area contributed by atoms with Crippen LogP contribution in [0, 0.1) is 13.8 Å². The van der Waals surface area contributed by atoms with Gasteiger partial charge in [-0.15, -0.1) is 0 Å². The first kappa shape index (κ1) is 14.1. The lowest BCUT2D eigenvalue weighted by Crippen LogP contribution is -2.27. The Morgan fingerprint density at radius 1 is 1.35 bits per heavy atom. The lowest BCUT2D eigenvalue weighted by molar-refractivity contribution is 0.0935. The van der Waals surface area contributed by atoms with Crippen LogP contribution in [0.1, 0.15) is 40.5 Å². The molecule has 0 aliphatic carbocycles. The summed E-state index contributed by atoms with van der Waals surface area (Å²) in [5, 5.41) is 5.92. The molecule has 0 spiro atoms. The molecule has 2 aromatic rings. The van der Waals surface area contributed by atoms with E-state index in [9.17, 15) is 4.79 Å². The molecule has 0 bridgehead atoms. The molecule has 0 fully saturated rings. The van der Waals surface area contributed by atoms with Crippen LogP contribution >= 0.6 is 0 Å². The van der Waals surface area contributed by atoms with Crippen LogP contribution < -0.4 is 10.6 Å². The topological polar surface area (TPSA) is 67.2 Å². The maximum absolute atomic E-state index is 12.3. The maximum Gasteiger partial charge on any atom is 0.255 e. The van der Waals surface area contributed by atoms with Gasteiger partial charge in [0.05, 0.1) is 17.3 Å². The van der Waals surface area contributed by atoms with E-state index in [2.05, 4.69) is 15.6 Å². The number of aryl methyl sites for hydroxylation is 2. The second kappa shape index (κ2) is 5.77. The Morgan fingerprint density at radius 3 is 2.70 bits per heavy atom. The number of amides is 1. The van der Waals surface area contributed by atoms with Gasteiger partial charge in [0.15, 0.2) is 0 Å². The van der Waals surface area contributed by atoms with Gasteiger partial charge in [-0.2, -0.15) is 0 Å². The van der Waals surface area contributed by atoms with Crippen LogP contribution in [0.3, 0.4) is 0 Å². The summed E-state index contributed by atoms with van der Waals surface area (Å²) in [5.41, 5.74) is 2.15. The van der Waals surface area contributed by atoms with E-state index in [0.29, 0.717) is 5.56 Å². The van der Waals surface area contributed by atoms with E-state index in [0.717, 1.165) is 22.9 Å². The van der Waals surface area contributed by atoms with Crippen molar-refractivity contribution in [3.05, 3.63) is 47.2 Å². The van der Waals surface area contributed by atoms with Gasteiger partial charge in [0, 0.05) is 18.9 Å². The highest BCUT2D eigenvalue weighted by Gasteiger charge is 2.17. The minimum atomic E-state index is -0.192. The van der Waals surface area contributed by atoms with Gasteiger partial charge in [0.25, 0.3) is 5.91 Å². The zero-order valence-electron chi connectivity index (χ0n) is 12.2. The molecule has 1 atom stereocenters. The minimum Gasteiger partial charge on any atom is -0.464 e. The summed E-state index contributed by atoms with van der Waals surface area (Å²) < 4.78 is 5.51. The fourth-order valence-electron chi connectivity index (χ4n) is 1.98. The number of pyridine rings is 1. The fraction of sp³-hybridized carbons (Fsp3) is 0.333. The summed E-state index contributed by atoms with van der Waals surface area (Å²) in [5.74, 6) is 1.39. The van der Waals surface area contributed by atoms with Gasteiger partial charge in [-0.3, -0.25) is 9.78 Å². The zero-order valence-corrected chi connectivity index (χ0v) is 12.2. The van der Waals surface area contributed by atoms with E-state index in [-0.39, 0.29) is 11.9 Å². The molecular weight excluding hydrogens is 254 g/mol. The normalized spacial score (nSPS) is 12.0. The average Bonchev–Trinajstić information content (AvgIpc) is 2.85. The third-order valence-corrected chi connectivity index (χ3v) is 3.09. The molecule has 0 aliphatic heterocycles. The van der Waals surface area contributed by atoms with E-state index in [1.807, 2.05) is 39.0 Å². The Bertz CT molecular complexity index is 619. The number of hydrogen-bond donors (Lipinski definition) is 2. The number of aromatic nitrogens is 1. The van der Waals surface area contributed by atoms with Crippen LogP contribution in [-0.4, -0.2) is 17.9 Å². The van der Waals surface area contributed by atoms with Crippen molar-refractivity contribution >= 4 is 11.6 Å². The summed E-state index contributed by atoms with van der Waals surface area (Å²) >= 11 is 0. The Hall–Kier alpha value is -2.30. The van der Waals surface area contributed by atoms with Gasteiger partial charge in [0.2, 0.25) is 0 Å². The predicted molar refractivity (Wildman–Crippen MR) is 77.8 cm³/mol.